The molecular formula is C19H26FN3O3S. The van der Waals surface area contributed by atoms with Crippen molar-refractivity contribution in [1.82, 2.24) is 9.78 Å². The number of halogens is 1. The number of aromatic nitrogens is 2. The van der Waals surface area contributed by atoms with Gasteiger partial charge in [0.1, 0.15) is 17.4 Å². The van der Waals surface area contributed by atoms with Gasteiger partial charge >= 0.3 is 0 Å². The molecule has 27 heavy (non-hydrogen) atoms. The fraction of sp³-hybridized carbons (Fsp3) is 0.474. The van der Waals surface area contributed by atoms with Gasteiger partial charge in [0.25, 0.3) is 0 Å². The second kappa shape index (κ2) is 7.80. The molecule has 0 saturated carbocycles. The van der Waals surface area contributed by atoms with Crippen molar-refractivity contribution in [3.05, 3.63) is 41.8 Å². The number of amides is 1. The van der Waals surface area contributed by atoms with E-state index in [0.29, 0.717) is 17.2 Å². The van der Waals surface area contributed by atoms with E-state index in [0.717, 1.165) is 0 Å². The van der Waals surface area contributed by atoms with Gasteiger partial charge in [0, 0.05) is 11.5 Å². The molecule has 2 aromatic rings. The topological polar surface area (TPSA) is 81.1 Å². The minimum atomic E-state index is -3.50. The Morgan fingerprint density at radius 1 is 1.22 bits per heavy atom. The largest absolute Gasteiger partial charge is 0.310 e. The average Bonchev–Trinajstić information content (AvgIpc) is 2.89. The number of sulfone groups is 1. The summed E-state index contributed by atoms with van der Waals surface area (Å²) in [6.45, 7) is 9.50. The Labute approximate surface area is 159 Å². The maximum atomic E-state index is 13.2. The number of rotatable bonds is 6. The van der Waals surface area contributed by atoms with Crippen molar-refractivity contribution >= 4 is 21.6 Å². The summed E-state index contributed by atoms with van der Waals surface area (Å²) < 4.78 is 38.9. The Kier molecular flexibility index (Phi) is 6.09. The highest BCUT2D eigenvalue weighted by Crippen LogP contribution is 2.26. The van der Waals surface area contributed by atoms with Crippen molar-refractivity contribution in [1.29, 1.82) is 0 Å². The van der Waals surface area contributed by atoms with Crippen LogP contribution in [0.2, 0.25) is 0 Å². The van der Waals surface area contributed by atoms with Gasteiger partial charge in [-0.05, 0) is 30.2 Å². The third kappa shape index (κ3) is 5.89. The Balaban J connectivity index is 2.33. The van der Waals surface area contributed by atoms with Crippen molar-refractivity contribution in [3.63, 3.8) is 0 Å². The standard InChI is InChI=1S/C19H26FN3O3S/c1-13(2)11-27(25,26)12-18(24)21-17-10-16(19(3,4)5)22-23(17)15-8-6-14(20)7-9-15/h6-10,13H,11-12H2,1-5H3,(H,21,24). The first-order valence-corrected chi connectivity index (χ1v) is 10.6. The van der Waals surface area contributed by atoms with E-state index in [-0.39, 0.29) is 22.9 Å². The summed E-state index contributed by atoms with van der Waals surface area (Å²) in [5.74, 6) is -1.36. The van der Waals surface area contributed by atoms with Gasteiger partial charge in [-0.3, -0.25) is 4.79 Å². The minimum Gasteiger partial charge on any atom is -0.310 e. The van der Waals surface area contributed by atoms with Crippen LogP contribution < -0.4 is 5.32 Å². The number of benzene rings is 1. The predicted octanol–water partition coefficient (Wildman–Crippen LogP) is 3.32. The van der Waals surface area contributed by atoms with E-state index in [9.17, 15) is 17.6 Å². The zero-order valence-corrected chi connectivity index (χ0v) is 17.1. The Morgan fingerprint density at radius 3 is 2.33 bits per heavy atom. The summed E-state index contributed by atoms with van der Waals surface area (Å²) in [6.07, 6.45) is 0. The lowest BCUT2D eigenvalue weighted by atomic mass is 9.92. The van der Waals surface area contributed by atoms with Gasteiger partial charge in [-0.15, -0.1) is 0 Å². The molecule has 1 aromatic heterocycles. The summed E-state index contributed by atoms with van der Waals surface area (Å²) in [5, 5.41) is 7.14. The van der Waals surface area contributed by atoms with Crippen LogP contribution in [0.4, 0.5) is 10.2 Å². The monoisotopic (exact) mass is 395 g/mol. The number of carbonyl (C=O) groups is 1. The number of carbonyl (C=O) groups excluding carboxylic acids is 1. The lowest BCUT2D eigenvalue weighted by Crippen LogP contribution is -2.27. The van der Waals surface area contributed by atoms with Crippen LogP contribution in [0.3, 0.4) is 0 Å². The van der Waals surface area contributed by atoms with Crippen molar-refractivity contribution in [2.24, 2.45) is 5.92 Å². The smallest absolute Gasteiger partial charge is 0.240 e. The van der Waals surface area contributed by atoms with Crippen molar-refractivity contribution in [2.75, 3.05) is 16.8 Å². The summed E-state index contributed by atoms with van der Waals surface area (Å²) >= 11 is 0. The molecule has 0 bridgehead atoms. The van der Waals surface area contributed by atoms with E-state index < -0.39 is 21.5 Å². The number of nitrogens with zero attached hydrogens (tertiary/aromatic N) is 2. The molecule has 0 radical (unpaired) electrons. The van der Waals surface area contributed by atoms with Gasteiger partial charge in [-0.25, -0.2) is 17.5 Å². The molecule has 6 nitrogen and oxygen atoms in total. The molecular weight excluding hydrogens is 369 g/mol. The molecule has 148 valence electrons. The molecule has 1 amide bonds. The van der Waals surface area contributed by atoms with Gasteiger partial charge in [0.05, 0.1) is 17.1 Å². The Bertz CT molecular complexity index is 911. The third-order valence-electron chi connectivity index (χ3n) is 3.75. The third-order valence-corrected chi connectivity index (χ3v) is 5.63. The first-order valence-electron chi connectivity index (χ1n) is 8.74. The molecule has 8 heteroatoms. The number of hydrogen-bond acceptors (Lipinski definition) is 4. The average molecular weight is 396 g/mol. The summed E-state index contributed by atoms with van der Waals surface area (Å²) in [7, 11) is -3.50. The van der Waals surface area contributed by atoms with Crippen LogP contribution in [0.5, 0.6) is 0 Å². The van der Waals surface area contributed by atoms with Crippen LogP contribution in [0.15, 0.2) is 30.3 Å². The molecule has 0 aliphatic carbocycles. The summed E-state index contributed by atoms with van der Waals surface area (Å²) in [4.78, 5) is 12.3. The van der Waals surface area contributed by atoms with Gasteiger partial charge < -0.3 is 5.32 Å². The molecule has 0 atom stereocenters. The van der Waals surface area contributed by atoms with Crippen LogP contribution in [0, 0.1) is 11.7 Å². The quantitative estimate of drug-likeness (QED) is 0.814. The summed E-state index contributed by atoms with van der Waals surface area (Å²) in [6, 6.07) is 7.38. The molecule has 1 aromatic carbocycles. The maximum absolute atomic E-state index is 13.2. The summed E-state index contributed by atoms with van der Waals surface area (Å²) in [5.41, 5.74) is 0.994. The minimum absolute atomic E-state index is 0.0507. The van der Waals surface area contributed by atoms with Crippen LogP contribution >= 0.6 is 0 Å². The zero-order chi connectivity index (χ0) is 20.4. The van der Waals surface area contributed by atoms with E-state index in [2.05, 4.69) is 10.4 Å². The molecule has 1 N–H and O–H groups in total. The second-order valence-corrected chi connectivity index (χ2v) is 10.2. The van der Waals surface area contributed by atoms with Crippen molar-refractivity contribution < 1.29 is 17.6 Å². The lowest BCUT2D eigenvalue weighted by molar-refractivity contribution is -0.113. The SMILES string of the molecule is CC(C)CS(=O)(=O)CC(=O)Nc1cc(C(C)(C)C)nn1-c1ccc(F)cc1. The van der Waals surface area contributed by atoms with Crippen molar-refractivity contribution in [2.45, 2.75) is 40.0 Å². The second-order valence-electron chi connectivity index (χ2n) is 8.05. The van der Waals surface area contributed by atoms with Crippen LogP contribution in [0.1, 0.15) is 40.3 Å². The van der Waals surface area contributed by atoms with E-state index in [1.165, 1.54) is 16.8 Å². The van der Waals surface area contributed by atoms with Crippen LogP contribution in [-0.4, -0.2) is 35.6 Å². The normalized spacial score (nSPS) is 12.4. The molecule has 0 saturated heterocycles. The molecule has 2 rings (SSSR count). The highest BCUT2D eigenvalue weighted by Gasteiger charge is 2.23. The zero-order valence-electron chi connectivity index (χ0n) is 16.3. The van der Waals surface area contributed by atoms with Gasteiger partial charge in [-0.2, -0.15) is 5.10 Å². The van der Waals surface area contributed by atoms with E-state index in [1.807, 2.05) is 20.8 Å². The predicted molar refractivity (Wildman–Crippen MR) is 104 cm³/mol. The first-order chi connectivity index (χ1) is 12.4. The molecule has 0 spiro atoms. The van der Waals surface area contributed by atoms with E-state index in [1.54, 1.807) is 32.0 Å². The van der Waals surface area contributed by atoms with Crippen LogP contribution in [-0.2, 0) is 20.0 Å². The first kappa shape index (κ1) is 21.1. The van der Waals surface area contributed by atoms with E-state index in [4.69, 9.17) is 0 Å². The molecule has 0 aliphatic heterocycles. The highest BCUT2D eigenvalue weighted by molar-refractivity contribution is 7.92. The molecule has 1 heterocycles. The number of anilines is 1. The Morgan fingerprint density at radius 2 is 1.81 bits per heavy atom. The fourth-order valence-electron chi connectivity index (χ4n) is 2.56. The van der Waals surface area contributed by atoms with E-state index >= 15 is 0 Å². The maximum Gasteiger partial charge on any atom is 0.240 e. The van der Waals surface area contributed by atoms with Crippen LogP contribution in [0.25, 0.3) is 5.69 Å². The van der Waals surface area contributed by atoms with Gasteiger partial charge in [-0.1, -0.05) is 34.6 Å². The molecule has 0 aliphatic rings. The lowest BCUT2D eigenvalue weighted by Gasteiger charge is -2.14. The van der Waals surface area contributed by atoms with Gasteiger partial charge in [0.2, 0.25) is 5.91 Å². The number of hydrogen-bond donors (Lipinski definition) is 1. The number of nitrogens with one attached hydrogen (secondary N) is 1. The van der Waals surface area contributed by atoms with Crippen molar-refractivity contribution in [3.8, 4) is 5.69 Å². The fourth-order valence-corrected chi connectivity index (χ4v) is 4.17. The van der Waals surface area contributed by atoms with Gasteiger partial charge in [0.15, 0.2) is 9.84 Å². The highest BCUT2D eigenvalue weighted by atomic mass is 32.2. The molecule has 0 fully saturated rings. The molecule has 0 unspecified atom stereocenters. The Hall–Kier alpha value is -2.22.